The third-order valence-corrected chi connectivity index (χ3v) is 3.84. The number of piperazine rings is 1. The predicted molar refractivity (Wildman–Crippen MR) is 84.5 cm³/mol. The van der Waals surface area contributed by atoms with E-state index in [0.29, 0.717) is 0 Å². The number of rotatable bonds is 2. The fourth-order valence-corrected chi connectivity index (χ4v) is 2.72. The van der Waals surface area contributed by atoms with Crippen molar-refractivity contribution in [2.24, 2.45) is 5.41 Å². The monoisotopic (exact) mass is 288 g/mol. The Hall–Kier alpha value is -1.69. The summed E-state index contributed by atoms with van der Waals surface area (Å²) in [6, 6.07) is 0. The van der Waals surface area contributed by atoms with Crippen LogP contribution < -0.4 is 4.90 Å². The molecule has 0 amide bonds. The Morgan fingerprint density at radius 3 is 2.48 bits per heavy atom. The highest BCUT2D eigenvalue weighted by Gasteiger charge is 2.21. The normalized spacial score (nSPS) is 17.6. The predicted octanol–water partition coefficient (Wildman–Crippen LogP) is 1.62. The van der Waals surface area contributed by atoms with Crippen LogP contribution in [0.5, 0.6) is 0 Å². The summed E-state index contributed by atoms with van der Waals surface area (Å²) in [5.41, 5.74) is 1.12. The minimum absolute atomic E-state index is 0.178. The van der Waals surface area contributed by atoms with Crippen molar-refractivity contribution in [1.29, 1.82) is 0 Å². The Morgan fingerprint density at radius 1 is 1.10 bits per heavy atom. The van der Waals surface area contributed by atoms with E-state index in [1.54, 1.807) is 6.33 Å². The molecule has 0 aliphatic carbocycles. The van der Waals surface area contributed by atoms with Gasteiger partial charge in [-0.2, -0.15) is 5.10 Å². The highest BCUT2D eigenvalue weighted by molar-refractivity contribution is 5.86. The summed E-state index contributed by atoms with van der Waals surface area (Å²) < 4.78 is 2.00. The maximum absolute atomic E-state index is 4.53. The number of anilines is 1. The molecule has 0 bridgehead atoms. The van der Waals surface area contributed by atoms with Gasteiger partial charge in [0.05, 0.1) is 11.6 Å². The molecule has 6 heteroatoms. The Balaban J connectivity index is 1.94. The van der Waals surface area contributed by atoms with Gasteiger partial charge in [0.2, 0.25) is 0 Å². The zero-order valence-corrected chi connectivity index (χ0v) is 13.4. The van der Waals surface area contributed by atoms with Crippen LogP contribution in [0.1, 0.15) is 20.8 Å². The fraction of sp³-hybridized carbons (Fsp3) is 0.667. The molecule has 0 N–H and O–H groups in total. The number of fused-ring (bicyclic) bond motifs is 1. The Bertz CT molecular complexity index is 619. The number of likely N-dealkylation sites (N-methyl/N-ethyl adjacent to an activating group) is 1. The van der Waals surface area contributed by atoms with E-state index in [0.717, 1.165) is 49.6 Å². The molecule has 114 valence electrons. The van der Waals surface area contributed by atoms with Gasteiger partial charge in [0.25, 0.3) is 0 Å². The second-order valence-electron chi connectivity index (χ2n) is 7.09. The van der Waals surface area contributed by atoms with Crippen molar-refractivity contribution in [1.82, 2.24) is 24.6 Å². The number of nitrogens with zero attached hydrogens (tertiary/aromatic N) is 6. The maximum atomic E-state index is 4.53. The summed E-state index contributed by atoms with van der Waals surface area (Å²) in [6.07, 6.45) is 3.57. The van der Waals surface area contributed by atoms with Gasteiger partial charge in [-0.25, -0.2) is 14.6 Å². The highest BCUT2D eigenvalue weighted by atomic mass is 15.3. The molecule has 2 aromatic rings. The first kappa shape index (κ1) is 14.3. The molecule has 0 saturated carbocycles. The highest BCUT2D eigenvalue weighted by Crippen LogP contribution is 2.25. The lowest BCUT2D eigenvalue weighted by atomic mass is 9.97. The summed E-state index contributed by atoms with van der Waals surface area (Å²) in [6.45, 7) is 11.6. The van der Waals surface area contributed by atoms with Crippen molar-refractivity contribution < 1.29 is 0 Å². The van der Waals surface area contributed by atoms with Crippen molar-refractivity contribution in [3.63, 3.8) is 0 Å². The summed E-state index contributed by atoms with van der Waals surface area (Å²) in [7, 11) is 2.16. The summed E-state index contributed by atoms with van der Waals surface area (Å²) in [5, 5.41) is 5.59. The standard InChI is InChI=1S/C15H24N6/c1-15(2,3)10-21-14-12(9-18-21)13(16-11-17-14)20-7-5-19(4)6-8-20/h9,11H,5-8,10H2,1-4H3. The number of hydrogen-bond acceptors (Lipinski definition) is 5. The molecule has 3 rings (SSSR count). The molecular weight excluding hydrogens is 264 g/mol. The topological polar surface area (TPSA) is 50.1 Å². The quantitative estimate of drug-likeness (QED) is 0.840. The largest absolute Gasteiger partial charge is 0.353 e. The lowest BCUT2D eigenvalue weighted by Gasteiger charge is -2.33. The zero-order chi connectivity index (χ0) is 15.0. The van der Waals surface area contributed by atoms with Gasteiger partial charge in [-0.1, -0.05) is 20.8 Å². The van der Waals surface area contributed by atoms with Crippen LogP contribution in [-0.4, -0.2) is 57.9 Å². The minimum atomic E-state index is 0.178. The van der Waals surface area contributed by atoms with Crippen LogP contribution in [0.2, 0.25) is 0 Å². The average molecular weight is 288 g/mol. The Morgan fingerprint density at radius 2 is 1.81 bits per heavy atom. The first-order valence-electron chi connectivity index (χ1n) is 7.54. The summed E-state index contributed by atoms with van der Waals surface area (Å²) in [5.74, 6) is 1.02. The molecule has 0 atom stereocenters. The van der Waals surface area contributed by atoms with Crippen LogP contribution in [0, 0.1) is 5.41 Å². The molecule has 2 aromatic heterocycles. The second-order valence-corrected chi connectivity index (χ2v) is 7.09. The van der Waals surface area contributed by atoms with Gasteiger partial charge in [0.15, 0.2) is 5.65 Å². The molecule has 0 spiro atoms. The SMILES string of the molecule is CN1CCN(c2ncnc3c2cnn3CC(C)(C)C)CC1. The summed E-state index contributed by atoms with van der Waals surface area (Å²) >= 11 is 0. The van der Waals surface area contributed by atoms with Crippen molar-refractivity contribution >= 4 is 16.9 Å². The molecule has 0 radical (unpaired) electrons. The van der Waals surface area contributed by atoms with E-state index in [9.17, 15) is 0 Å². The van der Waals surface area contributed by atoms with E-state index in [1.165, 1.54) is 0 Å². The molecule has 0 unspecified atom stereocenters. The van der Waals surface area contributed by atoms with Crippen LogP contribution in [-0.2, 0) is 6.54 Å². The summed E-state index contributed by atoms with van der Waals surface area (Å²) in [4.78, 5) is 13.6. The van der Waals surface area contributed by atoms with E-state index in [4.69, 9.17) is 0 Å². The smallest absolute Gasteiger partial charge is 0.163 e. The lowest BCUT2D eigenvalue weighted by Crippen LogP contribution is -2.44. The van der Waals surface area contributed by atoms with Gasteiger partial charge in [-0.3, -0.25) is 0 Å². The third-order valence-electron chi connectivity index (χ3n) is 3.84. The zero-order valence-electron chi connectivity index (χ0n) is 13.4. The van der Waals surface area contributed by atoms with Gasteiger partial charge in [0.1, 0.15) is 12.1 Å². The van der Waals surface area contributed by atoms with Crippen molar-refractivity contribution in [3.05, 3.63) is 12.5 Å². The van der Waals surface area contributed by atoms with Crippen molar-refractivity contribution in [2.75, 3.05) is 38.1 Å². The molecular formula is C15H24N6. The van der Waals surface area contributed by atoms with Gasteiger partial charge in [-0.05, 0) is 12.5 Å². The van der Waals surface area contributed by atoms with E-state index in [1.807, 2.05) is 10.9 Å². The Kier molecular flexibility index (Phi) is 3.57. The van der Waals surface area contributed by atoms with Gasteiger partial charge >= 0.3 is 0 Å². The van der Waals surface area contributed by atoms with Crippen LogP contribution in [0.15, 0.2) is 12.5 Å². The van der Waals surface area contributed by atoms with E-state index >= 15 is 0 Å². The first-order chi connectivity index (χ1) is 9.94. The molecule has 3 heterocycles. The van der Waals surface area contributed by atoms with Gasteiger partial charge in [-0.15, -0.1) is 0 Å². The number of aromatic nitrogens is 4. The Labute approximate surface area is 125 Å². The molecule has 6 nitrogen and oxygen atoms in total. The van der Waals surface area contributed by atoms with E-state index < -0.39 is 0 Å². The van der Waals surface area contributed by atoms with E-state index in [2.05, 4.69) is 52.7 Å². The average Bonchev–Trinajstić information content (AvgIpc) is 2.81. The van der Waals surface area contributed by atoms with Crippen molar-refractivity contribution in [2.45, 2.75) is 27.3 Å². The van der Waals surface area contributed by atoms with E-state index in [-0.39, 0.29) is 5.41 Å². The second kappa shape index (κ2) is 5.26. The maximum Gasteiger partial charge on any atom is 0.163 e. The molecule has 0 aromatic carbocycles. The minimum Gasteiger partial charge on any atom is -0.353 e. The fourth-order valence-electron chi connectivity index (χ4n) is 2.72. The molecule has 21 heavy (non-hydrogen) atoms. The van der Waals surface area contributed by atoms with Crippen LogP contribution >= 0.6 is 0 Å². The van der Waals surface area contributed by atoms with Gasteiger partial charge < -0.3 is 9.80 Å². The van der Waals surface area contributed by atoms with Crippen LogP contribution in [0.25, 0.3) is 11.0 Å². The third kappa shape index (κ3) is 3.00. The first-order valence-corrected chi connectivity index (χ1v) is 7.54. The lowest BCUT2D eigenvalue weighted by molar-refractivity contribution is 0.312. The number of hydrogen-bond donors (Lipinski definition) is 0. The van der Waals surface area contributed by atoms with Crippen molar-refractivity contribution in [3.8, 4) is 0 Å². The molecule has 1 fully saturated rings. The van der Waals surface area contributed by atoms with Gasteiger partial charge in [0, 0.05) is 32.7 Å². The van der Waals surface area contributed by atoms with Crippen LogP contribution in [0.3, 0.4) is 0 Å². The molecule has 1 saturated heterocycles. The molecule has 1 aliphatic rings. The molecule has 1 aliphatic heterocycles. The van der Waals surface area contributed by atoms with Crippen LogP contribution in [0.4, 0.5) is 5.82 Å².